The second-order valence-corrected chi connectivity index (χ2v) is 5.99. The van der Waals surface area contributed by atoms with Crippen molar-refractivity contribution >= 4 is 0 Å². The van der Waals surface area contributed by atoms with E-state index >= 15 is 0 Å². The zero-order chi connectivity index (χ0) is 19.3. The number of rotatable bonds is 6. The summed E-state index contributed by atoms with van der Waals surface area (Å²) in [4.78, 5) is 20.2. The summed E-state index contributed by atoms with van der Waals surface area (Å²) in [5, 5.41) is 3.77. The molecule has 0 aliphatic rings. The predicted octanol–water partition coefficient (Wildman–Crippen LogP) is 3.06. The monoisotopic (exact) mass is 378 g/mol. The van der Waals surface area contributed by atoms with Crippen LogP contribution in [-0.2, 0) is 13.2 Å². The Bertz CT molecular complexity index is 1110. The van der Waals surface area contributed by atoms with Crippen LogP contribution in [0, 0.1) is 5.82 Å². The molecule has 0 saturated carbocycles. The van der Waals surface area contributed by atoms with Crippen molar-refractivity contribution < 1.29 is 13.7 Å². The summed E-state index contributed by atoms with van der Waals surface area (Å²) in [6, 6.07) is 15.1. The van der Waals surface area contributed by atoms with Crippen LogP contribution in [-0.4, -0.2) is 19.7 Å². The molecule has 0 bridgehead atoms. The molecule has 7 nitrogen and oxygen atoms in total. The molecule has 0 radical (unpaired) electrons. The van der Waals surface area contributed by atoms with Crippen LogP contribution in [0.1, 0.15) is 11.1 Å². The molecule has 0 spiro atoms. The topological polar surface area (TPSA) is 83.0 Å². The SMILES string of the molecule is O=c1onc(-c2ncccn2)n1Cc1ccc(OCc2ccc(F)cc2)cc1. The molecular formula is C20H15FN4O3. The number of benzene rings is 2. The van der Waals surface area contributed by atoms with Gasteiger partial charge in [-0.2, -0.15) is 0 Å². The van der Waals surface area contributed by atoms with Gasteiger partial charge in [0, 0.05) is 12.4 Å². The van der Waals surface area contributed by atoms with E-state index in [2.05, 4.69) is 15.1 Å². The van der Waals surface area contributed by atoms with Crippen molar-refractivity contribution in [2.45, 2.75) is 13.2 Å². The second kappa shape index (κ2) is 7.83. The molecule has 0 saturated heterocycles. The van der Waals surface area contributed by atoms with E-state index in [0.717, 1.165) is 11.1 Å². The van der Waals surface area contributed by atoms with Gasteiger partial charge in [-0.05, 0) is 41.5 Å². The van der Waals surface area contributed by atoms with Gasteiger partial charge in [0.05, 0.1) is 6.54 Å². The lowest BCUT2D eigenvalue weighted by Gasteiger charge is -2.08. The fourth-order valence-electron chi connectivity index (χ4n) is 2.60. The minimum absolute atomic E-state index is 0.258. The Labute approximate surface area is 159 Å². The highest BCUT2D eigenvalue weighted by atomic mass is 19.1. The lowest BCUT2D eigenvalue weighted by atomic mass is 10.2. The summed E-state index contributed by atoms with van der Waals surface area (Å²) in [6.07, 6.45) is 3.14. The first-order valence-electron chi connectivity index (χ1n) is 8.49. The fraction of sp³-hybridized carbons (Fsp3) is 0.100. The first-order chi connectivity index (χ1) is 13.7. The summed E-state index contributed by atoms with van der Waals surface area (Å²) in [6.45, 7) is 0.592. The molecule has 2 heterocycles. The van der Waals surface area contributed by atoms with Crippen molar-refractivity contribution in [3.63, 3.8) is 0 Å². The van der Waals surface area contributed by atoms with Crippen LogP contribution in [0.5, 0.6) is 5.75 Å². The molecule has 140 valence electrons. The van der Waals surface area contributed by atoms with Crippen LogP contribution in [0.15, 0.2) is 76.3 Å². The van der Waals surface area contributed by atoms with Crippen LogP contribution in [0.3, 0.4) is 0 Å². The maximum absolute atomic E-state index is 12.9. The van der Waals surface area contributed by atoms with Crippen LogP contribution >= 0.6 is 0 Å². The van der Waals surface area contributed by atoms with Crippen LogP contribution in [0.25, 0.3) is 11.6 Å². The van der Waals surface area contributed by atoms with Crippen LogP contribution in [0.2, 0.25) is 0 Å². The fourth-order valence-corrected chi connectivity index (χ4v) is 2.60. The summed E-state index contributed by atoms with van der Waals surface area (Å²) >= 11 is 0. The molecule has 0 unspecified atom stereocenters. The third kappa shape index (κ3) is 3.96. The van der Waals surface area contributed by atoms with Crippen molar-refractivity contribution in [3.8, 4) is 17.4 Å². The van der Waals surface area contributed by atoms with E-state index in [1.807, 2.05) is 12.1 Å². The van der Waals surface area contributed by atoms with E-state index in [0.29, 0.717) is 18.2 Å². The highest BCUT2D eigenvalue weighted by molar-refractivity contribution is 5.42. The van der Waals surface area contributed by atoms with Crippen LogP contribution < -0.4 is 10.5 Å². The van der Waals surface area contributed by atoms with Crippen molar-refractivity contribution in [3.05, 3.63) is 94.5 Å². The maximum Gasteiger partial charge on any atom is 0.442 e. The van der Waals surface area contributed by atoms with Gasteiger partial charge in [-0.3, -0.25) is 4.52 Å². The van der Waals surface area contributed by atoms with Crippen molar-refractivity contribution in [2.75, 3.05) is 0 Å². The standard InChI is InChI=1S/C20H15FN4O3/c21-16-6-2-15(3-7-16)13-27-17-8-4-14(5-9-17)12-25-19(24-28-20(25)26)18-22-10-1-11-23-18/h1-11H,12-13H2. The van der Waals surface area contributed by atoms with Crippen molar-refractivity contribution in [1.82, 2.24) is 19.7 Å². The number of nitrogens with zero attached hydrogens (tertiary/aromatic N) is 4. The summed E-state index contributed by atoms with van der Waals surface area (Å²) < 4.78 is 24.8. The third-order valence-electron chi connectivity index (χ3n) is 4.03. The first-order valence-corrected chi connectivity index (χ1v) is 8.49. The molecule has 0 amide bonds. The summed E-state index contributed by atoms with van der Waals surface area (Å²) in [5.41, 5.74) is 1.73. The van der Waals surface area contributed by atoms with Gasteiger partial charge in [0.2, 0.25) is 5.82 Å². The average molecular weight is 378 g/mol. The Kier molecular flexibility index (Phi) is 4.92. The zero-order valence-corrected chi connectivity index (χ0v) is 14.7. The molecule has 0 aliphatic carbocycles. The number of hydrogen-bond donors (Lipinski definition) is 0. The summed E-state index contributed by atoms with van der Waals surface area (Å²) in [7, 11) is 0. The number of halogens is 1. The Balaban J connectivity index is 1.46. The average Bonchev–Trinajstić information content (AvgIpc) is 3.09. The van der Waals surface area contributed by atoms with Gasteiger partial charge < -0.3 is 4.74 Å². The van der Waals surface area contributed by atoms with E-state index in [1.54, 1.807) is 42.7 Å². The van der Waals surface area contributed by atoms with Gasteiger partial charge >= 0.3 is 5.76 Å². The van der Waals surface area contributed by atoms with E-state index in [-0.39, 0.29) is 18.2 Å². The van der Waals surface area contributed by atoms with Gasteiger partial charge in [-0.15, -0.1) is 0 Å². The van der Waals surface area contributed by atoms with Crippen molar-refractivity contribution in [1.29, 1.82) is 0 Å². The second-order valence-electron chi connectivity index (χ2n) is 5.99. The third-order valence-corrected chi connectivity index (χ3v) is 4.03. The normalized spacial score (nSPS) is 10.8. The molecule has 0 atom stereocenters. The summed E-state index contributed by atoms with van der Waals surface area (Å²) in [5.74, 6) is 0.378. The lowest BCUT2D eigenvalue weighted by molar-refractivity contribution is 0.306. The molecular weight excluding hydrogens is 363 g/mol. The van der Waals surface area contributed by atoms with E-state index < -0.39 is 5.76 Å². The largest absolute Gasteiger partial charge is 0.489 e. The molecule has 4 aromatic rings. The Morgan fingerprint density at radius 3 is 2.36 bits per heavy atom. The highest BCUT2D eigenvalue weighted by Gasteiger charge is 2.15. The minimum atomic E-state index is -0.584. The Morgan fingerprint density at radius 1 is 0.964 bits per heavy atom. The van der Waals surface area contributed by atoms with Gasteiger partial charge in [0.25, 0.3) is 0 Å². The molecule has 0 fully saturated rings. The van der Waals surface area contributed by atoms with Gasteiger partial charge in [0.15, 0.2) is 5.82 Å². The number of ether oxygens (including phenoxy) is 1. The van der Waals surface area contributed by atoms with E-state index in [4.69, 9.17) is 9.26 Å². The quantitative estimate of drug-likeness (QED) is 0.513. The number of hydrogen-bond acceptors (Lipinski definition) is 6. The molecule has 0 aliphatic heterocycles. The molecule has 8 heteroatoms. The minimum Gasteiger partial charge on any atom is -0.489 e. The molecule has 0 N–H and O–H groups in total. The molecule has 2 aromatic carbocycles. The zero-order valence-electron chi connectivity index (χ0n) is 14.7. The molecule has 28 heavy (non-hydrogen) atoms. The molecule has 2 aromatic heterocycles. The highest BCUT2D eigenvalue weighted by Crippen LogP contribution is 2.17. The molecule has 4 rings (SSSR count). The predicted molar refractivity (Wildman–Crippen MR) is 98.1 cm³/mol. The number of aromatic nitrogens is 4. The lowest BCUT2D eigenvalue weighted by Crippen LogP contribution is -2.16. The maximum atomic E-state index is 12.9. The Morgan fingerprint density at radius 2 is 1.64 bits per heavy atom. The van der Waals surface area contributed by atoms with Gasteiger partial charge in [-0.25, -0.2) is 23.7 Å². The Hall–Kier alpha value is -3.81. The van der Waals surface area contributed by atoms with Gasteiger partial charge in [-0.1, -0.05) is 29.4 Å². The first kappa shape index (κ1) is 17.6. The smallest absolute Gasteiger partial charge is 0.442 e. The van der Waals surface area contributed by atoms with Crippen molar-refractivity contribution in [2.24, 2.45) is 0 Å². The van der Waals surface area contributed by atoms with E-state index in [9.17, 15) is 9.18 Å². The van der Waals surface area contributed by atoms with E-state index in [1.165, 1.54) is 16.7 Å². The van der Waals surface area contributed by atoms with Gasteiger partial charge in [0.1, 0.15) is 18.2 Å². The van der Waals surface area contributed by atoms with Crippen LogP contribution in [0.4, 0.5) is 4.39 Å².